The third-order valence-corrected chi connectivity index (χ3v) is 5.86. The molecule has 2 rings (SSSR count). The van der Waals surface area contributed by atoms with Crippen LogP contribution >= 0.6 is 23.4 Å². The van der Waals surface area contributed by atoms with Crippen LogP contribution in [0, 0.1) is 6.92 Å². The van der Waals surface area contributed by atoms with Crippen LogP contribution in [0.25, 0.3) is 0 Å². The summed E-state index contributed by atoms with van der Waals surface area (Å²) in [5.74, 6) is 0. The zero-order valence-corrected chi connectivity index (χ0v) is 13.0. The van der Waals surface area contributed by atoms with Crippen molar-refractivity contribution in [2.24, 2.45) is 7.05 Å². The van der Waals surface area contributed by atoms with Crippen LogP contribution in [0.1, 0.15) is 36.9 Å². The van der Waals surface area contributed by atoms with Gasteiger partial charge in [0.25, 0.3) is 0 Å². The normalized spacial score (nSPS) is 18.4. The van der Waals surface area contributed by atoms with Crippen molar-refractivity contribution in [1.29, 1.82) is 0 Å². The highest BCUT2D eigenvalue weighted by Crippen LogP contribution is 2.39. The van der Waals surface area contributed by atoms with E-state index in [2.05, 4.69) is 16.7 Å². The van der Waals surface area contributed by atoms with Gasteiger partial charge in [-0.3, -0.25) is 4.68 Å². The Morgan fingerprint density at radius 2 is 2.11 bits per heavy atom. The molecular weight excluding hydrogens is 266 g/mol. The second-order valence-corrected chi connectivity index (χ2v) is 6.81. The van der Waals surface area contributed by atoms with Crippen LogP contribution < -0.4 is 5.32 Å². The van der Waals surface area contributed by atoms with E-state index in [-0.39, 0.29) is 0 Å². The zero-order chi connectivity index (χ0) is 13.2. The summed E-state index contributed by atoms with van der Waals surface area (Å²) >= 11 is 8.25. The van der Waals surface area contributed by atoms with Gasteiger partial charge in [0.2, 0.25) is 0 Å². The average Bonchev–Trinajstić information content (AvgIpc) is 2.91. The van der Waals surface area contributed by atoms with Gasteiger partial charge >= 0.3 is 0 Å². The Kier molecular flexibility index (Phi) is 4.62. The van der Waals surface area contributed by atoms with Crippen LogP contribution in [0.2, 0.25) is 5.15 Å². The number of nitrogens with zero attached hydrogens (tertiary/aromatic N) is 2. The maximum Gasteiger partial charge on any atom is 0.131 e. The van der Waals surface area contributed by atoms with Gasteiger partial charge in [0, 0.05) is 30.4 Å². The van der Waals surface area contributed by atoms with E-state index in [4.69, 9.17) is 11.6 Å². The van der Waals surface area contributed by atoms with Gasteiger partial charge < -0.3 is 5.32 Å². The number of nitrogens with one attached hydrogen (secondary N) is 1. The van der Waals surface area contributed by atoms with Crippen molar-refractivity contribution in [3.8, 4) is 0 Å². The summed E-state index contributed by atoms with van der Waals surface area (Å²) in [4.78, 5) is 0. The van der Waals surface area contributed by atoms with Gasteiger partial charge in [0.15, 0.2) is 0 Å². The van der Waals surface area contributed by atoms with E-state index >= 15 is 0 Å². The lowest BCUT2D eigenvalue weighted by molar-refractivity contribution is 0.533. The molecule has 3 nitrogen and oxygen atoms in total. The Morgan fingerprint density at radius 1 is 1.44 bits per heavy atom. The minimum Gasteiger partial charge on any atom is -0.311 e. The topological polar surface area (TPSA) is 29.9 Å². The minimum absolute atomic E-state index is 0.447. The quantitative estimate of drug-likeness (QED) is 0.902. The number of rotatable bonds is 5. The van der Waals surface area contributed by atoms with Crippen LogP contribution in [0.3, 0.4) is 0 Å². The number of aromatic nitrogens is 2. The van der Waals surface area contributed by atoms with E-state index in [0.29, 0.717) is 4.75 Å². The first-order valence-electron chi connectivity index (χ1n) is 6.52. The first-order valence-corrected chi connectivity index (χ1v) is 8.12. The van der Waals surface area contributed by atoms with Crippen molar-refractivity contribution in [3.05, 3.63) is 16.4 Å². The summed E-state index contributed by atoms with van der Waals surface area (Å²) in [6, 6.07) is 0. The van der Waals surface area contributed by atoms with Crippen LogP contribution in [0.15, 0.2) is 0 Å². The molecule has 0 radical (unpaired) electrons. The number of halogens is 1. The Balaban J connectivity index is 1.92. The smallest absolute Gasteiger partial charge is 0.131 e. The molecule has 5 heteroatoms. The van der Waals surface area contributed by atoms with Crippen molar-refractivity contribution in [1.82, 2.24) is 15.1 Å². The lowest BCUT2D eigenvalue weighted by atomic mass is 10.1. The van der Waals surface area contributed by atoms with Gasteiger partial charge in [-0.25, -0.2) is 0 Å². The maximum absolute atomic E-state index is 6.23. The molecule has 1 aliphatic rings. The zero-order valence-electron chi connectivity index (χ0n) is 11.4. The highest BCUT2D eigenvalue weighted by atomic mass is 35.5. The molecule has 18 heavy (non-hydrogen) atoms. The maximum atomic E-state index is 6.23. The monoisotopic (exact) mass is 287 g/mol. The second-order valence-electron chi connectivity index (χ2n) is 5.18. The first kappa shape index (κ1) is 14.2. The molecule has 1 saturated carbocycles. The van der Waals surface area contributed by atoms with Crippen LogP contribution in [-0.4, -0.2) is 27.3 Å². The summed E-state index contributed by atoms with van der Waals surface area (Å²) in [5.41, 5.74) is 2.16. The number of hydrogen-bond acceptors (Lipinski definition) is 3. The molecule has 0 aromatic carbocycles. The molecule has 0 atom stereocenters. The van der Waals surface area contributed by atoms with Gasteiger partial charge in [-0.1, -0.05) is 24.4 Å². The molecule has 0 saturated heterocycles. The largest absolute Gasteiger partial charge is 0.311 e. The second kappa shape index (κ2) is 5.85. The molecule has 1 heterocycles. The lowest BCUT2D eigenvalue weighted by Crippen LogP contribution is -2.34. The molecule has 1 aromatic rings. The molecule has 1 aromatic heterocycles. The molecular formula is C13H22ClN3S. The highest BCUT2D eigenvalue weighted by Gasteiger charge is 2.32. The molecule has 0 spiro atoms. The van der Waals surface area contributed by atoms with Crippen molar-refractivity contribution in [2.45, 2.75) is 43.9 Å². The average molecular weight is 288 g/mol. The molecule has 0 aliphatic heterocycles. The van der Waals surface area contributed by atoms with E-state index in [1.54, 1.807) is 4.68 Å². The molecule has 1 fully saturated rings. The third-order valence-electron chi connectivity index (χ3n) is 3.97. The molecule has 102 valence electrons. The molecule has 1 N–H and O–H groups in total. The van der Waals surface area contributed by atoms with E-state index in [1.807, 2.05) is 25.7 Å². The lowest BCUT2D eigenvalue weighted by Gasteiger charge is -2.27. The van der Waals surface area contributed by atoms with Crippen LogP contribution in [-0.2, 0) is 13.6 Å². The Labute approximate surface area is 119 Å². The Bertz CT molecular complexity index is 411. The molecule has 0 bridgehead atoms. The van der Waals surface area contributed by atoms with Crippen molar-refractivity contribution < 1.29 is 0 Å². The highest BCUT2D eigenvalue weighted by molar-refractivity contribution is 8.00. The fourth-order valence-corrected chi connectivity index (χ4v) is 3.95. The molecule has 1 aliphatic carbocycles. The van der Waals surface area contributed by atoms with Crippen molar-refractivity contribution in [3.63, 3.8) is 0 Å². The van der Waals surface area contributed by atoms with E-state index in [9.17, 15) is 0 Å². The standard InChI is InChI=1S/C13H22ClN3S/c1-10-11(12(14)17(2)16-10)8-15-9-13(18-3)6-4-5-7-13/h15H,4-9H2,1-3H3. The summed E-state index contributed by atoms with van der Waals surface area (Å²) in [5, 5.41) is 8.66. The first-order chi connectivity index (χ1) is 8.58. The summed E-state index contributed by atoms with van der Waals surface area (Å²) in [7, 11) is 1.89. The predicted molar refractivity (Wildman–Crippen MR) is 79.4 cm³/mol. The molecule has 0 unspecified atom stereocenters. The number of hydrogen-bond donors (Lipinski definition) is 1. The van der Waals surface area contributed by atoms with Crippen molar-refractivity contribution >= 4 is 23.4 Å². The SMILES string of the molecule is CSC1(CNCc2c(C)nn(C)c2Cl)CCCC1. The summed E-state index contributed by atoms with van der Waals surface area (Å²) in [6.07, 6.45) is 7.64. The fourth-order valence-electron chi connectivity index (χ4n) is 2.76. The summed E-state index contributed by atoms with van der Waals surface area (Å²) in [6.45, 7) is 3.91. The van der Waals surface area contributed by atoms with Gasteiger partial charge in [-0.05, 0) is 26.0 Å². The number of thioether (sulfide) groups is 1. The summed E-state index contributed by atoms with van der Waals surface area (Å²) < 4.78 is 2.19. The van der Waals surface area contributed by atoms with E-state index in [1.165, 1.54) is 25.7 Å². The minimum atomic E-state index is 0.447. The van der Waals surface area contributed by atoms with Gasteiger partial charge in [0.05, 0.1) is 5.69 Å². The van der Waals surface area contributed by atoms with Gasteiger partial charge in [-0.2, -0.15) is 16.9 Å². The van der Waals surface area contributed by atoms with E-state index < -0.39 is 0 Å². The molecule has 0 amide bonds. The third kappa shape index (κ3) is 2.86. The van der Waals surface area contributed by atoms with Crippen LogP contribution in [0.4, 0.5) is 0 Å². The van der Waals surface area contributed by atoms with Gasteiger partial charge in [0.1, 0.15) is 5.15 Å². The fraction of sp³-hybridized carbons (Fsp3) is 0.769. The van der Waals surface area contributed by atoms with Gasteiger partial charge in [-0.15, -0.1) is 0 Å². The van der Waals surface area contributed by atoms with E-state index in [0.717, 1.165) is 29.5 Å². The predicted octanol–water partition coefficient (Wildman–Crippen LogP) is 3.15. The number of aryl methyl sites for hydroxylation is 2. The Morgan fingerprint density at radius 3 is 2.61 bits per heavy atom. The Hall–Kier alpha value is -0.190. The van der Waals surface area contributed by atoms with Crippen molar-refractivity contribution in [2.75, 3.05) is 12.8 Å². The van der Waals surface area contributed by atoms with Crippen LogP contribution in [0.5, 0.6) is 0 Å².